The van der Waals surface area contributed by atoms with E-state index in [9.17, 15) is 4.79 Å². The van der Waals surface area contributed by atoms with E-state index in [0.29, 0.717) is 5.21 Å². The van der Waals surface area contributed by atoms with Crippen LogP contribution in [0.5, 0.6) is 0 Å². The number of carbonyl (C=O) groups is 1. The van der Waals surface area contributed by atoms with Crippen LogP contribution < -0.4 is 5.73 Å². The monoisotopic (exact) mass is 191 g/mol. The molecular weight excluding hydrogens is 177 g/mol. The minimum atomic E-state index is -0.786. The van der Waals surface area contributed by atoms with E-state index >= 15 is 0 Å². The van der Waals surface area contributed by atoms with Crippen molar-refractivity contribution in [3.63, 3.8) is 0 Å². The van der Waals surface area contributed by atoms with Crippen LogP contribution in [0.1, 0.15) is 13.8 Å². The van der Waals surface area contributed by atoms with Crippen LogP contribution in [0.15, 0.2) is 0 Å². The summed E-state index contributed by atoms with van der Waals surface area (Å²) in [5, 5.41) is 3.10. The van der Waals surface area contributed by atoms with Crippen LogP contribution in [0.4, 0.5) is 0 Å². The molecule has 0 spiro atoms. The van der Waals surface area contributed by atoms with Gasteiger partial charge in [0.15, 0.2) is 0 Å². The van der Waals surface area contributed by atoms with Crippen molar-refractivity contribution >= 4 is 20.6 Å². The van der Waals surface area contributed by atoms with Gasteiger partial charge in [-0.25, -0.2) is 0 Å². The number of nitrogens with two attached hydrogens (primary N) is 1. The number of hydrogen-bond donors (Lipinski definition) is 1. The first-order valence-electron chi connectivity index (χ1n) is 3.21. The molecule has 0 fully saturated rings. The summed E-state index contributed by atoms with van der Waals surface area (Å²) in [5.74, 6) is -0.112. The molecule has 0 aliphatic heterocycles. The number of amides is 1. The van der Waals surface area contributed by atoms with Gasteiger partial charge in [0.1, 0.15) is 0 Å². The van der Waals surface area contributed by atoms with Crippen molar-refractivity contribution in [2.24, 2.45) is 5.73 Å². The molecule has 54 valence electrons. The molecule has 0 unspecified atom stereocenters. The van der Waals surface area contributed by atoms with Gasteiger partial charge in [0, 0.05) is 0 Å². The SMILES string of the molecule is CC[As](CC)CC(N)=O. The molecule has 9 heavy (non-hydrogen) atoms. The predicted octanol–water partition coefficient (Wildman–Crippen LogP) is 1.01. The van der Waals surface area contributed by atoms with Gasteiger partial charge in [0.05, 0.1) is 0 Å². The molecule has 1 amide bonds. The number of hydrogen-bond acceptors (Lipinski definition) is 1. The molecule has 0 aliphatic rings. The second-order valence-electron chi connectivity index (χ2n) is 1.93. The van der Waals surface area contributed by atoms with Crippen LogP contribution in [0.3, 0.4) is 0 Å². The van der Waals surface area contributed by atoms with Crippen molar-refractivity contribution < 1.29 is 4.79 Å². The maximum atomic E-state index is 10.4. The molecule has 0 saturated heterocycles. The van der Waals surface area contributed by atoms with Crippen LogP contribution in [-0.2, 0) is 4.79 Å². The van der Waals surface area contributed by atoms with Gasteiger partial charge in [-0.3, -0.25) is 0 Å². The zero-order chi connectivity index (χ0) is 7.28. The van der Waals surface area contributed by atoms with E-state index in [1.807, 2.05) is 0 Å². The second kappa shape index (κ2) is 4.87. The van der Waals surface area contributed by atoms with Crippen molar-refractivity contribution in [2.45, 2.75) is 29.5 Å². The molecule has 3 heteroatoms. The third-order valence-electron chi connectivity index (χ3n) is 1.27. The molecule has 0 rings (SSSR count). The Labute approximate surface area is 61.1 Å². The van der Waals surface area contributed by atoms with Crippen molar-refractivity contribution in [1.82, 2.24) is 0 Å². The van der Waals surface area contributed by atoms with Crippen LogP contribution in [0, 0.1) is 0 Å². The van der Waals surface area contributed by atoms with Crippen molar-refractivity contribution in [2.75, 3.05) is 0 Å². The third kappa shape index (κ3) is 4.53. The zero-order valence-corrected chi connectivity index (χ0v) is 7.93. The molecule has 0 aromatic carbocycles. The Morgan fingerprint density at radius 1 is 1.44 bits per heavy atom. The maximum absolute atomic E-state index is 10.4. The Morgan fingerprint density at radius 3 is 2.00 bits per heavy atom. The van der Waals surface area contributed by atoms with Crippen LogP contribution in [0.25, 0.3) is 0 Å². The van der Waals surface area contributed by atoms with Gasteiger partial charge in [-0.05, 0) is 0 Å². The number of rotatable bonds is 4. The third-order valence-corrected chi connectivity index (χ3v) is 6.62. The molecule has 0 bridgehead atoms. The molecule has 0 heterocycles. The fraction of sp³-hybridized carbons (Fsp3) is 0.833. The Morgan fingerprint density at radius 2 is 1.89 bits per heavy atom. The average molecular weight is 191 g/mol. The quantitative estimate of drug-likeness (QED) is 0.662. The second-order valence-corrected chi connectivity index (χ2v) is 8.06. The Balaban J connectivity index is 3.43. The van der Waals surface area contributed by atoms with Crippen molar-refractivity contribution in [3.8, 4) is 0 Å². The predicted molar refractivity (Wildman–Crippen MR) is 40.7 cm³/mol. The standard InChI is InChI=1S/C6H14AsNO/c1-3-7(4-2)5-6(8)9/h3-5H2,1-2H3,(H2,8,9). The van der Waals surface area contributed by atoms with E-state index in [2.05, 4.69) is 13.8 Å². The first kappa shape index (κ1) is 9.03. The van der Waals surface area contributed by atoms with E-state index in [1.54, 1.807) is 0 Å². The Hall–Kier alpha value is 0.0284. The van der Waals surface area contributed by atoms with Crippen molar-refractivity contribution in [1.29, 1.82) is 0 Å². The molecule has 2 N–H and O–H groups in total. The molecule has 0 aromatic heterocycles. The molecule has 0 radical (unpaired) electrons. The topological polar surface area (TPSA) is 43.1 Å². The molecule has 0 aliphatic carbocycles. The van der Waals surface area contributed by atoms with Gasteiger partial charge in [-0.15, -0.1) is 0 Å². The van der Waals surface area contributed by atoms with E-state index in [1.165, 1.54) is 10.4 Å². The fourth-order valence-electron chi connectivity index (χ4n) is 0.668. The summed E-state index contributed by atoms with van der Waals surface area (Å²) in [5.41, 5.74) is 5.04. The number of primary amides is 1. The summed E-state index contributed by atoms with van der Waals surface area (Å²) in [6.45, 7) is 4.29. The molecule has 2 nitrogen and oxygen atoms in total. The summed E-state index contributed by atoms with van der Waals surface area (Å²) >= 11 is -0.786. The van der Waals surface area contributed by atoms with E-state index in [-0.39, 0.29) is 5.91 Å². The first-order chi connectivity index (χ1) is 4.20. The average Bonchev–Trinajstić information content (AvgIpc) is 1.82. The van der Waals surface area contributed by atoms with Crippen LogP contribution >= 0.6 is 0 Å². The summed E-state index contributed by atoms with van der Waals surface area (Å²) in [7, 11) is 0. The minimum absolute atomic E-state index is 0.112. The van der Waals surface area contributed by atoms with Gasteiger partial charge in [-0.1, -0.05) is 0 Å². The number of carbonyl (C=O) groups excluding carboxylic acids is 1. The molecule has 0 saturated carbocycles. The van der Waals surface area contributed by atoms with Gasteiger partial charge in [0.25, 0.3) is 0 Å². The van der Waals surface area contributed by atoms with Crippen molar-refractivity contribution in [3.05, 3.63) is 0 Å². The van der Waals surface area contributed by atoms with Gasteiger partial charge >= 0.3 is 60.6 Å². The summed E-state index contributed by atoms with van der Waals surface area (Å²) < 4.78 is 0. The van der Waals surface area contributed by atoms with Crippen LogP contribution in [0.2, 0.25) is 15.6 Å². The van der Waals surface area contributed by atoms with E-state index in [0.717, 1.165) is 0 Å². The Kier molecular flexibility index (Phi) is 4.88. The first-order valence-corrected chi connectivity index (χ1v) is 7.19. The molecule has 0 aromatic rings. The summed E-state index contributed by atoms with van der Waals surface area (Å²) in [4.78, 5) is 10.4. The van der Waals surface area contributed by atoms with E-state index < -0.39 is 14.7 Å². The molecule has 0 atom stereocenters. The fourth-order valence-corrected chi connectivity index (χ4v) is 3.47. The summed E-state index contributed by atoms with van der Waals surface area (Å²) in [6, 6.07) is 0. The zero-order valence-electron chi connectivity index (χ0n) is 6.05. The molecular formula is C6H14AsNO. The summed E-state index contributed by atoms with van der Waals surface area (Å²) in [6.07, 6.45) is 0. The van der Waals surface area contributed by atoms with Gasteiger partial charge in [-0.2, -0.15) is 0 Å². The normalized spacial score (nSPS) is 10.1. The van der Waals surface area contributed by atoms with E-state index in [4.69, 9.17) is 5.73 Å². The van der Waals surface area contributed by atoms with Gasteiger partial charge < -0.3 is 0 Å². The van der Waals surface area contributed by atoms with Crippen LogP contribution in [-0.4, -0.2) is 20.6 Å². The van der Waals surface area contributed by atoms with Gasteiger partial charge in [0.2, 0.25) is 0 Å². The Bertz CT molecular complexity index is 91.1.